The normalized spacial score (nSPS) is 11.0. The third kappa shape index (κ3) is 6.15. The van der Waals surface area contributed by atoms with Gasteiger partial charge in [-0.15, -0.1) is 0 Å². The van der Waals surface area contributed by atoms with Gasteiger partial charge in [0.2, 0.25) is 0 Å². The van der Waals surface area contributed by atoms with Gasteiger partial charge in [-0.05, 0) is 69.9 Å². The average Bonchev–Trinajstić information content (AvgIpc) is 2.65. The molecule has 0 bridgehead atoms. The summed E-state index contributed by atoms with van der Waals surface area (Å²) in [5, 5.41) is 12.1. The number of carbonyl (C=O) groups is 1. The van der Waals surface area contributed by atoms with E-state index < -0.39 is 5.91 Å². The van der Waals surface area contributed by atoms with Gasteiger partial charge in [-0.25, -0.2) is 0 Å². The number of anilines is 1. The number of hydrogen-bond donors (Lipinski definition) is 1. The zero-order valence-electron chi connectivity index (χ0n) is 15.5. The molecule has 140 valence electrons. The lowest BCUT2D eigenvalue weighted by atomic mass is 10.1. The first-order valence-corrected chi connectivity index (χ1v) is 9.21. The molecule has 0 aliphatic carbocycles. The van der Waals surface area contributed by atoms with Crippen LogP contribution in [0.3, 0.4) is 0 Å². The quantitative estimate of drug-likeness (QED) is 0.495. The molecule has 0 saturated heterocycles. The van der Waals surface area contributed by atoms with Gasteiger partial charge in [-0.3, -0.25) is 4.79 Å². The van der Waals surface area contributed by atoms with Gasteiger partial charge in [0, 0.05) is 5.69 Å². The van der Waals surface area contributed by atoms with Gasteiger partial charge in [-0.2, -0.15) is 5.26 Å². The lowest BCUT2D eigenvalue weighted by Crippen LogP contribution is -2.13. The van der Waals surface area contributed by atoms with E-state index in [-0.39, 0.29) is 5.57 Å². The lowest BCUT2D eigenvalue weighted by Gasteiger charge is -2.11. The van der Waals surface area contributed by atoms with Crippen molar-refractivity contribution in [3.8, 4) is 17.6 Å². The van der Waals surface area contributed by atoms with Crippen molar-refractivity contribution in [1.82, 2.24) is 0 Å². The Morgan fingerprint density at radius 2 is 1.96 bits per heavy atom. The number of nitriles is 1. The van der Waals surface area contributed by atoms with E-state index in [4.69, 9.17) is 9.47 Å². The van der Waals surface area contributed by atoms with Gasteiger partial charge < -0.3 is 14.8 Å². The smallest absolute Gasteiger partial charge is 0.266 e. The van der Waals surface area contributed by atoms with Crippen molar-refractivity contribution in [2.75, 3.05) is 19.0 Å². The predicted octanol–water partition coefficient (Wildman–Crippen LogP) is 5.04. The van der Waals surface area contributed by atoms with Crippen LogP contribution in [0.4, 0.5) is 5.69 Å². The van der Waals surface area contributed by atoms with E-state index in [9.17, 15) is 10.1 Å². The van der Waals surface area contributed by atoms with E-state index in [1.54, 1.807) is 37.4 Å². The number of carbonyl (C=O) groups excluding carboxylic acids is 1. The maximum absolute atomic E-state index is 12.4. The Bertz CT molecular complexity index is 868. The number of benzene rings is 2. The molecule has 0 atom stereocenters. The summed E-state index contributed by atoms with van der Waals surface area (Å²) in [5.41, 5.74) is 1.31. The van der Waals surface area contributed by atoms with E-state index in [1.807, 2.05) is 18.2 Å². The molecule has 0 aliphatic rings. The largest absolute Gasteiger partial charge is 0.497 e. The molecule has 2 aromatic rings. The second-order valence-electron chi connectivity index (χ2n) is 6.25. The average molecular weight is 429 g/mol. The Morgan fingerprint density at radius 1 is 1.26 bits per heavy atom. The highest BCUT2D eigenvalue weighted by atomic mass is 79.9. The first-order chi connectivity index (χ1) is 12.9. The summed E-state index contributed by atoms with van der Waals surface area (Å²) in [6.45, 7) is 4.76. The molecule has 1 N–H and O–H groups in total. The van der Waals surface area contributed by atoms with Crippen molar-refractivity contribution in [3.05, 3.63) is 58.1 Å². The van der Waals surface area contributed by atoms with Crippen molar-refractivity contribution in [1.29, 1.82) is 5.26 Å². The maximum atomic E-state index is 12.4. The van der Waals surface area contributed by atoms with Crippen LogP contribution >= 0.6 is 15.9 Å². The minimum atomic E-state index is -0.473. The number of methoxy groups -OCH3 is 1. The summed E-state index contributed by atoms with van der Waals surface area (Å²) in [5.74, 6) is 1.36. The van der Waals surface area contributed by atoms with Crippen molar-refractivity contribution in [2.24, 2.45) is 5.92 Å². The fourth-order valence-corrected chi connectivity index (χ4v) is 2.68. The number of hydrogen-bond acceptors (Lipinski definition) is 4. The van der Waals surface area contributed by atoms with Gasteiger partial charge in [0.05, 0.1) is 18.2 Å². The standard InChI is InChI=1S/C21H21BrN2O3/c1-14(2)13-27-20-9-4-15(11-19(20)22)10-16(12-23)21(25)24-17-5-7-18(26-3)8-6-17/h4-11,14H,13H2,1-3H3,(H,24,25)/b16-10+. The molecule has 0 unspecified atom stereocenters. The summed E-state index contributed by atoms with van der Waals surface area (Å²) in [6.07, 6.45) is 1.54. The number of ether oxygens (including phenoxy) is 2. The molecule has 0 fully saturated rings. The molecule has 2 rings (SSSR count). The highest BCUT2D eigenvalue weighted by Crippen LogP contribution is 2.27. The Hall–Kier alpha value is -2.78. The van der Waals surface area contributed by atoms with Gasteiger partial charge in [0.1, 0.15) is 23.1 Å². The molecule has 5 nitrogen and oxygen atoms in total. The third-order valence-corrected chi connectivity index (χ3v) is 4.17. The Balaban J connectivity index is 2.13. The van der Waals surface area contributed by atoms with Crippen LogP contribution in [0.1, 0.15) is 19.4 Å². The number of amides is 1. The van der Waals surface area contributed by atoms with Crippen LogP contribution in [0, 0.1) is 17.2 Å². The van der Waals surface area contributed by atoms with E-state index >= 15 is 0 Å². The van der Waals surface area contributed by atoms with Crippen LogP contribution in [-0.4, -0.2) is 19.6 Å². The molecule has 2 aromatic carbocycles. The predicted molar refractivity (Wildman–Crippen MR) is 110 cm³/mol. The lowest BCUT2D eigenvalue weighted by molar-refractivity contribution is -0.112. The molecule has 0 aliphatic heterocycles. The molecular weight excluding hydrogens is 408 g/mol. The van der Waals surface area contributed by atoms with Gasteiger partial charge in [0.25, 0.3) is 5.91 Å². The van der Waals surface area contributed by atoms with Crippen LogP contribution in [0.25, 0.3) is 6.08 Å². The Morgan fingerprint density at radius 3 is 2.52 bits per heavy atom. The first-order valence-electron chi connectivity index (χ1n) is 8.42. The van der Waals surface area contributed by atoms with E-state index in [2.05, 4.69) is 35.1 Å². The highest BCUT2D eigenvalue weighted by molar-refractivity contribution is 9.10. The van der Waals surface area contributed by atoms with E-state index in [0.717, 1.165) is 15.8 Å². The molecule has 6 heteroatoms. The second kappa shape index (κ2) is 9.79. The summed E-state index contributed by atoms with van der Waals surface area (Å²) in [7, 11) is 1.57. The van der Waals surface area contributed by atoms with Crippen LogP contribution in [0.15, 0.2) is 52.5 Å². The first kappa shape index (κ1) is 20.5. The van der Waals surface area contributed by atoms with Crippen LogP contribution in [0.5, 0.6) is 11.5 Å². The number of nitrogens with zero attached hydrogens (tertiary/aromatic N) is 1. The molecule has 0 saturated carbocycles. The monoisotopic (exact) mass is 428 g/mol. The second-order valence-corrected chi connectivity index (χ2v) is 7.10. The minimum Gasteiger partial charge on any atom is -0.497 e. The Kier molecular flexibility index (Phi) is 7.44. The van der Waals surface area contributed by atoms with Gasteiger partial charge in [-0.1, -0.05) is 19.9 Å². The molecule has 0 spiro atoms. The molecule has 0 aromatic heterocycles. The molecular formula is C21H21BrN2O3. The summed E-state index contributed by atoms with van der Waals surface area (Å²) in [4.78, 5) is 12.4. The topological polar surface area (TPSA) is 71.3 Å². The Labute approximate surface area is 167 Å². The fourth-order valence-electron chi connectivity index (χ4n) is 2.17. The molecule has 1 amide bonds. The van der Waals surface area contributed by atoms with Gasteiger partial charge in [0.15, 0.2) is 0 Å². The number of nitrogens with one attached hydrogen (secondary N) is 1. The van der Waals surface area contributed by atoms with Crippen molar-refractivity contribution in [2.45, 2.75) is 13.8 Å². The highest BCUT2D eigenvalue weighted by Gasteiger charge is 2.11. The maximum Gasteiger partial charge on any atom is 0.266 e. The summed E-state index contributed by atoms with van der Waals surface area (Å²) < 4.78 is 11.6. The van der Waals surface area contributed by atoms with Crippen LogP contribution in [-0.2, 0) is 4.79 Å². The fraction of sp³-hybridized carbons (Fsp3) is 0.238. The summed E-state index contributed by atoms with van der Waals surface area (Å²) in [6, 6.07) is 14.3. The number of rotatable bonds is 7. The van der Waals surface area contributed by atoms with Gasteiger partial charge >= 0.3 is 0 Å². The summed E-state index contributed by atoms with van der Waals surface area (Å²) >= 11 is 3.46. The van der Waals surface area contributed by atoms with Crippen LogP contribution < -0.4 is 14.8 Å². The zero-order valence-corrected chi connectivity index (χ0v) is 17.0. The van der Waals surface area contributed by atoms with Crippen LogP contribution in [0.2, 0.25) is 0 Å². The SMILES string of the molecule is COc1ccc(NC(=O)/C(C#N)=C/c2ccc(OCC(C)C)c(Br)c2)cc1. The molecule has 27 heavy (non-hydrogen) atoms. The minimum absolute atomic E-state index is 0.00793. The van der Waals surface area contributed by atoms with Crippen molar-refractivity contribution >= 4 is 33.6 Å². The molecule has 0 heterocycles. The number of halogens is 1. The van der Waals surface area contributed by atoms with Crippen molar-refractivity contribution < 1.29 is 14.3 Å². The van der Waals surface area contributed by atoms with E-state index in [0.29, 0.717) is 24.0 Å². The zero-order chi connectivity index (χ0) is 19.8. The molecule has 0 radical (unpaired) electrons. The van der Waals surface area contributed by atoms with Crippen molar-refractivity contribution in [3.63, 3.8) is 0 Å². The van der Waals surface area contributed by atoms with E-state index in [1.165, 1.54) is 6.08 Å². The third-order valence-electron chi connectivity index (χ3n) is 3.55.